The van der Waals surface area contributed by atoms with E-state index in [0.717, 1.165) is 18.6 Å². The Morgan fingerprint density at radius 1 is 0.800 bits per heavy atom. The lowest BCUT2D eigenvalue weighted by Crippen LogP contribution is -1.89. The molecule has 0 heterocycles. The Balaban J connectivity index is 1.57. The van der Waals surface area contributed by atoms with Gasteiger partial charge in [0.25, 0.3) is 0 Å². The second-order valence-corrected chi connectivity index (χ2v) is 5.05. The maximum absolute atomic E-state index is 5.16. The molecule has 0 unspecified atom stereocenters. The number of methoxy groups -OCH3 is 1. The van der Waals surface area contributed by atoms with Crippen LogP contribution in [0.3, 0.4) is 0 Å². The molecule has 105 valence electrons. The van der Waals surface area contributed by atoms with Gasteiger partial charge in [0.05, 0.1) is 7.11 Å². The molecule has 0 atom stereocenters. The largest absolute Gasteiger partial charge is 0.497 e. The van der Waals surface area contributed by atoms with Crippen LogP contribution in [-0.2, 0) is 12.8 Å². The zero-order chi connectivity index (χ0) is 14.0. The SMILES string of the molecule is COc1ccc(CC[CH]CCCc2ccccc2)cc1. The van der Waals surface area contributed by atoms with Crippen LogP contribution in [-0.4, -0.2) is 7.11 Å². The van der Waals surface area contributed by atoms with Gasteiger partial charge in [0.15, 0.2) is 0 Å². The summed E-state index contributed by atoms with van der Waals surface area (Å²) in [5.74, 6) is 0.931. The number of aryl methyl sites for hydroxylation is 2. The van der Waals surface area contributed by atoms with E-state index in [1.807, 2.05) is 12.1 Å². The first-order valence-electron chi connectivity index (χ1n) is 7.37. The van der Waals surface area contributed by atoms with Crippen molar-refractivity contribution < 1.29 is 4.74 Å². The second-order valence-electron chi connectivity index (χ2n) is 5.05. The molecule has 2 rings (SSSR count). The first-order valence-corrected chi connectivity index (χ1v) is 7.37. The highest BCUT2D eigenvalue weighted by Crippen LogP contribution is 2.14. The number of ether oxygens (including phenoxy) is 1. The maximum Gasteiger partial charge on any atom is 0.118 e. The van der Waals surface area contributed by atoms with Gasteiger partial charge in [0, 0.05) is 0 Å². The number of hydrogen-bond acceptors (Lipinski definition) is 1. The van der Waals surface area contributed by atoms with Gasteiger partial charge in [-0.2, -0.15) is 0 Å². The molecule has 2 aromatic carbocycles. The van der Waals surface area contributed by atoms with Gasteiger partial charge in [0.2, 0.25) is 0 Å². The van der Waals surface area contributed by atoms with E-state index < -0.39 is 0 Å². The van der Waals surface area contributed by atoms with Crippen molar-refractivity contribution in [3.8, 4) is 5.75 Å². The van der Waals surface area contributed by atoms with E-state index in [1.165, 1.54) is 30.4 Å². The Morgan fingerprint density at radius 2 is 1.50 bits per heavy atom. The third-order valence-electron chi connectivity index (χ3n) is 3.51. The Morgan fingerprint density at radius 3 is 2.20 bits per heavy atom. The lowest BCUT2D eigenvalue weighted by Gasteiger charge is -2.04. The molecule has 0 saturated carbocycles. The highest BCUT2D eigenvalue weighted by atomic mass is 16.5. The molecule has 0 aromatic heterocycles. The average Bonchev–Trinajstić information content (AvgIpc) is 2.52. The van der Waals surface area contributed by atoms with E-state index >= 15 is 0 Å². The molecule has 0 saturated heterocycles. The molecule has 1 radical (unpaired) electrons. The summed E-state index contributed by atoms with van der Waals surface area (Å²) in [6.07, 6.45) is 8.31. The summed E-state index contributed by atoms with van der Waals surface area (Å²) in [5, 5.41) is 0. The van der Waals surface area contributed by atoms with Crippen LogP contribution in [0, 0.1) is 6.42 Å². The van der Waals surface area contributed by atoms with Crippen molar-refractivity contribution in [3.05, 3.63) is 72.1 Å². The van der Waals surface area contributed by atoms with Crippen LogP contribution >= 0.6 is 0 Å². The van der Waals surface area contributed by atoms with E-state index in [1.54, 1.807) is 7.11 Å². The summed E-state index contributed by atoms with van der Waals surface area (Å²) in [7, 11) is 1.70. The molecule has 20 heavy (non-hydrogen) atoms. The van der Waals surface area contributed by atoms with Gasteiger partial charge in [-0.25, -0.2) is 0 Å². The average molecular weight is 267 g/mol. The van der Waals surface area contributed by atoms with Crippen LogP contribution in [0.2, 0.25) is 0 Å². The number of rotatable bonds is 8. The summed E-state index contributed by atoms with van der Waals surface area (Å²) in [5.41, 5.74) is 2.82. The molecular weight excluding hydrogens is 244 g/mol. The molecule has 0 aliphatic heterocycles. The quantitative estimate of drug-likeness (QED) is 0.621. The highest BCUT2D eigenvalue weighted by Gasteiger charge is 1.96. The fourth-order valence-electron chi connectivity index (χ4n) is 2.30. The van der Waals surface area contributed by atoms with Crippen LogP contribution in [0.4, 0.5) is 0 Å². The Labute approximate surface area is 122 Å². The molecule has 0 aliphatic carbocycles. The molecule has 0 fully saturated rings. The molecule has 0 N–H and O–H groups in total. The zero-order valence-corrected chi connectivity index (χ0v) is 12.2. The molecular formula is C19H23O. The molecule has 0 spiro atoms. The minimum atomic E-state index is 0.931. The van der Waals surface area contributed by atoms with Crippen LogP contribution in [0.1, 0.15) is 30.4 Å². The molecule has 0 aliphatic rings. The highest BCUT2D eigenvalue weighted by molar-refractivity contribution is 5.27. The predicted molar refractivity (Wildman–Crippen MR) is 85.0 cm³/mol. The second kappa shape index (κ2) is 8.42. The van der Waals surface area contributed by atoms with Crippen molar-refractivity contribution in [2.24, 2.45) is 0 Å². The zero-order valence-electron chi connectivity index (χ0n) is 12.2. The van der Waals surface area contributed by atoms with E-state index in [-0.39, 0.29) is 0 Å². The van der Waals surface area contributed by atoms with E-state index in [0.29, 0.717) is 0 Å². The van der Waals surface area contributed by atoms with Crippen LogP contribution in [0.15, 0.2) is 54.6 Å². The van der Waals surface area contributed by atoms with Crippen LogP contribution in [0.5, 0.6) is 5.75 Å². The third kappa shape index (κ3) is 5.08. The summed E-state index contributed by atoms with van der Waals surface area (Å²) < 4.78 is 5.16. The maximum atomic E-state index is 5.16. The monoisotopic (exact) mass is 267 g/mol. The van der Waals surface area contributed by atoms with Crippen molar-refractivity contribution in [1.29, 1.82) is 0 Å². The van der Waals surface area contributed by atoms with Crippen molar-refractivity contribution in [2.75, 3.05) is 7.11 Å². The van der Waals surface area contributed by atoms with Crippen molar-refractivity contribution in [2.45, 2.75) is 32.1 Å². The van der Waals surface area contributed by atoms with Crippen LogP contribution in [0.25, 0.3) is 0 Å². The van der Waals surface area contributed by atoms with Gasteiger partial charge >= 0.3 is 0 Å². The molecule has 0 amide bonds. The summed E-state index contributed by atoms with van der Waals surface area (Å²) >= 11 is 0. The molecule has 2 aromatic rings. The topological polar surface area (TPSA) is 9.23 Å². The van der Waals surface area contributed by atoms with E-state index in [9.17, 15) is 0 Å². The Kier molecular flexibility index (Phi) is 6.16. The summed E-state index contributed by atoms with van der Waals surface area (Å²) in [4.78, 5) is 0. The van der Waals surface area contributed by atoms with E-state index in [2.05, 4.69) is 48.9 Å². The lowest BCUT2D eigenvalue weighted by atomic mass is 10.0. The Hall–Kier alpha value is -1.76. The minimum Gasteiger partial charge on any atom is -0.497 e. The first-order chi connectivity index (χ1) is 9.88. The van der Waals surface area contributed by atoms with Crippen molar-refractivity contribution in [3.63, 3.8) is 0 Å². The van der Waals surface area contributed by atoms with Crippen molar-refractivity contribution in [1.82, 2.24) is 0 Å². The fraction of sp³-hybridized carbons (Fsp3) is 0.316. The number of hydrogen-bond donors (Lipinski definition) is 0. The number of benzene rings is 2. The first kappa shape index (κ1) is 14.6. The smallest absolute Gasteiger partial charge is 0.118 e. The summed E-state index contributed by atoms with van der Waals surface area (Å²) in [6.45, 7) is 0. The molecule has 1 nitrogen and oxygen atoms in total. The van der Waals surface area contributed by atoms with Gasteiger partial charge in [0.1, 0.15) is 5.75 Å². The van der Waals surface area contributed by atoms with Gasteiger partial charge in [-0.05, 0) is 61.8 Å². The predicted octanol–water partition coefficient (Wildman–Crippen LogP) is 4.85. The molecule has 0 bridgehead atoms. The van der Waals surface area contributed by atoms with Crippen LogP contribution < -0.4 is 4.74 Å². The number of unbranched alkanes of at least 4 members (excludes halogenated alkanes) is 3. The van der Waals surface area contributed by atoms with Crippen molar-refractivity contribution >= 4 is 0 Å². The van der Waals surface area contributed by atoms with Gasteiger partial charge in [-0.1, -0.05) is 42.5 Å². The lowest BCUT2D eigenvalue weighted by molar-refractivity contribution is 0.414. The normalized spacial score (nSPS) is 10.4. The van der Waals surface area contributed by atoms with E-state index in [4.69, 9.17) is 4.74 Å². The fourth-order valence-corrected chi connectivity index (χ4v) is 2.30. The Bertz CT molecular complexity index is 473. The third-order valence-corrected chi connectivity index (χ3v) is 3.51. The summed E-state index contributed by atoms with van der Waals surface area (Å²) in [6, 6.07) is 19.1. The van der Waals surface area contributed by atoms with Gasteiger partial charge in [-0.15, -0.1) is 0 Å². The minimum absolute atomic E-state index is 0.931. The van der Waals surface area contributed by atoms with Gasteiger partial charge in [-0.3, -0.25) is 0 Å². The van der Waals surface area contributed by atoms with Gasteiger partial charge < -0.3 is 4.74 Å². The standard InChI is InChI=1S/C19H23O/c1-20-19-15-13-18(14-16-19)12-6-3-2-5-9-17-10-7-4-8-11-17/h3-4,7-8,10-11,13-16H,2,5-6,9,12H2,1H3. The molecule has 1 heteroatoms.